The van der Waals surface area contributed by atoms with Gasteiger partial charge in [-0.05, 0) is 55.1 Å². The SMILES string of the molecule is COc1ccc2nc(/C=C/c3ccncc3)cc(N3CCN(C)CC3)c2c1. The molecule has 0 atom stereocenters. The van der Waals surface area contributed by atoms with Crippen LogP contribution in [0.3, 0.4) is 0 Å². The average molecular weight is 360 g/mol. The molecule has 1 fully saturated rings. The lowest BCUT2D eigenvalue weighted by Crippen LogP contribution is -2.44. The van der Waals surface area contributed by atoms with Crippen LogP contribution in [0.4, 0.5) is 5.69 Å². The Morgan fingerprint density at radius 2 is 1.74 bits per heavy atom. The molecule has 5 nitrogen and oxygen atoms in total. The van der Waals surface area contributed by atoms with E-state index in [4.69, 9.17) is 9.72 Å². The third-order valence-corrected chi connectivity index (χ3v) is 5.01. The third kappa shape index (κ3) is 3.93. The third-order valence-electron chi connectivity index (χ3n) is 5.01. The van der Waals surface area contributed by atoms with E-state index in [0.29, 0.717) is 0 Å². The van der Waals surface area contributed by atoms with Gasteiger partial charge >= 0.3 is 0 Å². The van der Waals surface area contributed by atoms with E-state index in [1.165, 1.54) is 5.69 Å². The maximum atomic E-state index is 5.44. The summed E-state index contributed by atoms with van der Waals surface area (Å²) in [4.78, 5) is 13.7. The Kier molecular flexibility index (Phi) is 5.03. The molecule has 0 radical (unpaired) electrons. The van der Waals surface area contributed by atoms with E-state index in [2.05, 4.69) is 46.1 Å². The number of methoxy groups -OCH3 is 1. The predicted octanol–water partition coefficient (Wildman–Crippen LogP) is 3.56. The highest BCUT2D eigenvalue weighted by Crippen LogP contribution is 2.31. The van der Waals surface area contributed by atoms with Gasteiger partial charge in [0.05, 0.1) is 18.3 Å². The van der Waals surface area contributed by atoms with E-state index in [-0.39, 0.29) is 0 Å². The molecule has 1 aliphatic rings. The van der Waals surface area contributed by atoms with Gasteiger partial charge in [-0.1, -0.05) is 6.08 Å². The predicted molar refractivity (Wildman–Crippen MR) is 111 cm³/mol. The van der Waals surface area contributed by atoms with Crippen molar-refractivity contribution in [1.82, 2.24) is 14.9 Å². The molecule has 3 aromatic rings. The van der Waals surface area contributed by atoms with Crippen molar-refractivity contribution < 1.29 is 4.74 Å². The molecular formula is C22H24N4O. The van der Waals surface area contributed by atoms with E-state index in [9.17, 15) is 0 Å². The Morgan fingerprint density at radius 3 is 2.48 bits per heavy atom. The number of benzene rings is 1. The van der Waals surface area contributed by atoms with Crippen LogP contribution in [0, 0.1) is 0 Å². The first kappa shape index (κ1) is 17.5. The quantitative estimate of drug-likeness (QED) is 0.712. The van der Waals surface area contributed by atoms with Crippen molar-refractivity contribution in [2.45, 2.75) is 0 Å². The van der Waals surface area contributed by atoms with Gasteiger partial charge in [-0.2, -0.15) is 0 Å². The number of ether oxygens (including phenoxy) is 1. The molecule has 1 aromatic carbocycles. The minimum atomic E-state index is 0.861. The van der Waals surface area contributed by atoms with Crippen molar-refractivity contribution in [1.29, 1.82) is 0 Å². The lowest BCUT2D eigenvalue weighted by Gasteiger charge is -2.34. The van der Waals surface area contributed by atoms with Gasteiger partial charge < -0.3 is 14.5 Å². The highest BCUT2D eigenvalue weighted by atomic mass is 16.5. The highest BCUT2D eigenvalue weighted by molar-refractivity contribution is 5.94. The zero-order valence-corrected chi connectivity index (χ0v) is 15.8. The summed E-state index contributed by atoms with van der Waals surface area (Å²) in [6.07, 6.45) is 7.75. The van der Waals surface area contributed by atoms with E-state index < -0.39 is 0 Å². The molecule has 4 rings (SSSR count). The molecule has 0 bridgehead atoms. The number of aromatic nitrogens is 2. The molecule has 138 valence electrons. The molecule has 5 heteroatoms. The number of anilines is 1. The lowest BCUT2D eigenvalue weighted by atomic mass is 10.1. The van der Waals surface area contributed by atoms with Gasteiger partial charge in [0.1, 0.15) is 5.75 Å². The fourth-order valence-corrected chi connectivity index (χ4v) is 3.38. The van der Waals surface area contributed by atoms with Crippen LogP contribution in [0.5, 0.6) is 5.75 Å². The maximum Gasteiger partial charge on any atom is 0.119 e. The highest BCUT2D eigenvalue weighted by Gasteiger charge is 2.18. The summed E-state index contributed by atoms with van der Waals surface area (Å²) in [6, 6.07) is 12.3. The van der Waals surface area contributed by atoms with Gasteiger partial charge in [0.15, 0.2) is 0 Å². The molecule has 1 aliphatic heterocycles. The van der Waals surface area contributed by atoms with Gasteiger partial charge in [0.2, 0.25) is 0 Å². The van der Waals surface area contributed by atoms with Gasteiger partial charge in [-0.3, -0.25) is 4.98 Å². The van der Waals surface area contributed by atoms with Crippen LogP contribution in [-0.2, 0) is 0 Å². The van der Waals surface area contributed by atoms with Crippen molar-refractivity contribution in [3.05, 3.63) is 60.0 Å². The number of hydrogen-bond donors (Lipinski definition) is 0. The summed E-state index contributed by atoms with van der Waals surface area (Å²) in [6.45, 7) is 4.16. The second-order valence-electron chi connectivity index (χ2n) is 6.85. The van der Waals surface area contributed by atoms with Gasteiger partial charge in [0.25, 0.3) is 0 Å². The normalized spacial score (nSPS) is 15.6. The number of fused-ring (bicyclic) bond motifs is 1. The van der Waals surface area contributed by atoms with Crippen molar-refractivity contribution in [2.24, 2.45) is 0 Å². The van der Waals surface area contributed by atoms with Crippen LogP contribution in [-0.4, -0.2) is 55.2 Å². The van der Waals surface area contributed by atoms with Crippen LogP contribution in [0.15, 0.2) is 48.8 Å². The first-order valence-electron chi connectivity index (χ1n) is 9.23. The van der Waals surface area contributed by atoms with Crippen molar-refractivity contribution >= 4 is 28.7 Å². The molecule has 1 saturated heterocycles. The molecule has 0 spiro atoms. The minimum absolute atomic E-state index is 0.861. The number of piperazine rings is 1. The molecule has 0 aliphatic carbocycles. The fraction of sp³-hybridized carbons (Fsp3) is 0.273. The van der Waals surface area contributed by atoms with Gasteiger partial charge in [-0.25, -0.2) is 4.98 Å². The fourth-order valence-electron chi connectivity index (χ4n) is 3.38. The summed E-state index contributed by atoms with van der Waals surface area (Å²) in [5, 5.41) is 1.14. The summed E-state index contributed by atoms with van der Waals surface area (Å²) in [5.41, 5.74) is 4.28. The van der Waals surface area contributed by atoms with E-state index in [0.717, 1.165) is 54.1 Å². The zero-order valence-electron chi connectivity index (χ0n) is 15.8. The number of hydrogen-bond acceptors (Lipinski definition) is 5. The van der Waals surface area contributed by atoms with Crippen LogP contribution < -0.4 is 9.64 Å². The first-order chi connectivity index (χ1) is 13.2. The number of rotatable bonds is 4. The van der Waals surface area contributed by atoms with Gasteiger partial charge in [0, 0.05) is 49.6 Å². The summed E-state index contributed by atoms with van der Waals surface area (Å²) in [7, 11) is 3.88. The Balaban J connectivity index is 1.76. The smallest absolute Gasteiger partial charge is 0.119 e. The number of likely N-dealkylation sites (N-methyl/N-ethyl adjacent to an activating group) is 1. The topological polar surface area (TPSA) is 41.5 Å². The van der Waals surface area contributed by atoms with Crippen LogP contribution in [0.25, 0.3) is 23.1 Å². The average Bonchev–Trinajstić information content (AvgIpc) is 2.72. The minimum Gasteiger partial charge on any atom is -0.497 e. The Morgan fingerprint density at radius 1 is 0.963 bits per heavy atom. The summed E-state index contributed by atoms with van der Waals surface area (Å²) in [5.74, 6) is 0.861. The maximum absolute atomic E-state index is 5.44. The molecule has 27 heavy (non-hydrogen) atoms. The number of nitrogens with zero attached hydrogens (tertiary/aromatic N) is 4. The second kappa shape index (κ2) is 7.76. The van der Waals surface area contributed by atoms with Crippen LogP contribution >= 0.6 is 0 Å². The van der Waals surface area contributed by atoms with Crippen molar-refractivity contribution in [3.63, 3.8) is 0 Å². The molecule has 0 unspecified atom stereocenters. The largest absolute Gasteiger partial charge is 0.497 e. The summed E-state index contributed by atoms with van der Waals surface area (Å²) < 4.78 is 5.44. The molecule has 0 saturated carbocycles. The Hall–Kier alpha value is -2.92. The van der Waals surface area contributed by atoms with Crippen molar-refractivity contribution in [2.75, 3.05) is 45.2 Å². The Labute approximate surface area is 159 Å². The van der Waals surface area contributed by atoms with E-state index >= 15 is 0 Å². The summed E-state index contributed by atoms with van der Waals surface area (Å²) >= 11 is 0. The van der Waals surface area contributed by atoms with Crippen LogP contribution in [0.2, 0.25) is 0 Å². The molecule has 0 N–H and O–H groups in total. The standard InChI is InChI=1S/C22H24N4O/c1-25-11-13-26(14-12-25)22-15-18(4-3-17-7-9-23-10-8-17)24-21-6-5-19(27-2)16-20(21)22/h3-10,15-16H,11-14H2,1-2H3/b4-3+. The molecule has 3 heterocycles. The van der Waals surface area contributed by atoms with Crippen LogP contribution in [0.1, 0.15) is 11.3 Å². The molecule has 2 aromatic heterocycles. The zero-order chi connectivity index (χ0) is 18.6. The first-order valence-corrected chi connectivity index (χ1v) is 9.23. The van der Waals surface area contributed by atoms with E-state index in [1.54, 1.807) is 19.5 Å². The molecular weight excluding hydrogens is 336 g/mol. The number of pyridine rings is 2. The molecule has 0 amide bonds. The van der Waals surface area contributed by atoms with E-state index in [1.807, 2.05) is 24.3 Å². The van der Waals surface area contributed by atoms with Gasteiger partial charge in [-0.15, -0.1) is 0 Å². The monoisotopic (exact) mass is 360 g/mol. The second-order valence-corrected chi connectivity index (χ2v) is 6.85. The van der Waals surface area contributed by atoms with Crippen molar-refractivity contribution in [3.8, 4) is 5.75 Å². The Bertz CT molecular complexity index is 947. The lowest BCUT2D eigenvalue weighted by molar-refractivity contribution is 0.313.